The number of benzene rings is 1. The van der Waals surface area contributed by atoms with Gasteiger partial charge in [-0.25, -0.2) is 14.3 Å². The maximum absolute atomic E-state index is 13.5. The maximum Gasteiger partial charge on any atom is 0.366 e. The van der Waals surface area contributed by atoms with Gasteiger partial charge in [0, 0.05) is 16.2 Å². The van der Waals surface area contributed by atoms with Gasteiger partial charge in [-0.1, -0.05) is 34.8 Å². The Hall–Kier alpha value is -1.80. The smallest absolute Gasteiger partial charge is 0.366 e. The number of aromatic hydroxyl groups is 1. The van der Waals surface area contributed by atoms with E-state index in [9.17, 15) is 9.90 Å². The molecule has 1 atom stereocenters. The average Bonchev–Trinajstić information content (AvgIpc) is 3.19. The van der Waals surface area contributed by atoms with Crippen molar-refractivity contribution in [2.24, 2.45) is 0 Å². The summed E-state index contributed by atoms with van der Waals surface area (Å²) in [7, 11) is 1.88. The fraction of sp³-hybridized carbons (Fsp3) is 0.278. The number of thiazole rings is 1. The van der Waals surface area contributed by atoms with Crippen molar-refractivity contribution in [1.29, 1.82) is 0 Å². The summed E-state index contributed by atoms with van der Waals surface area (Å²) in [6.07, 6.45) is 1.69. The summed E-state index contributed by atoms with van der Waals surface area (Å²) >= 11 is 19.6. The number of aromatic nitrogens is 3. The van der Waals surface area contributed by atoms with Crippen LogP contribution < -0.4 is 15.0 Å². The Balaban J connectivity index is 2.04. The molecule has 0 aliphatic carbocycles. The molecule has 0 fully saturated rings. The second kappa shape index (κ2) is 7.22. The summed E-state index contributed by atoms with van der Waals surface area (Å²) in [5.41, 5.74) is 0.299. The summed E-state index contributed by atoms with van der Waals surface area (Å²) in [4.78, 5) is 20.5. The topological polar surface area (TPSA) is 62.2 Å². The van der Waals surface area contributed by atoms with Gasteiger partial charge >= 0.3 is 11.5 Å². The van der Waals surface area contributed by atoms with Gasteiger partial charge in [0.1, 0.15) is 12.1 Å². The highest BCUT2D eigenvalue weighted by atomic mass is 35.5. The Bertz CT molecular complexity index is 1120. The third-order valence-corrected chi connectivity index (χ3v) is 6.41. The first kappa shape index (κ1) is 19.5. The SMILES string of the molecule is CC[n+]1c(O)c(-c2cc(Cl)cc(Cl)c2)c(=O)n2c1N(C)CC2c1cnc(Cl)s1. The van der Waals surface area contributed by atoms with Crippen molar-refractivity contribution in [1.82, 2.24) is 9.55 Å². The fourth-order valence-corrected chi connectivity index (χ4v) is 5.20. The maximum atomic E-state index is 13.5. The zero-order valence-electron chi connectivity index (χ0n) is 15.0. The van der Waals surface area contributed by atoms with E-state index in [1.807, 2.05) is 18.9 Å². The van der Waals surface area contributed by atoms with Crippen LogP contribution in [0.5, 0.6) is 5.88 Å². The lowest BCUT2D eigenvalue weighted by molar-refractivity contribution is -0.689. The standard InChI is InChI=1S/C18H15Cl3N4O2S/c1-3-24-15(26)14(9-4-10(19)6-11(20)5-9)16(27)25-12(8-23(2)18(24)25)13-7-22-17(21)28-13/h4-7,12H,3,8H2,1-2H3/p+1. The van der Waals surface area contributed by atoms with E-state index in [0.29, 0.717) is 39.1 Å². The van der Waals surface area contributed by atoms with Gasteiger partial charge in [-0.15, -0.1) is 11.3 Å². The van der Waals surface area contributed by atoms with Crippen molar-refractivity contribution in [2.75, 3.05) is 18.5 Å². The molecule has 0 spiro atoms. The molecule has 1 aliphatic rings. The van der Waals surface area contributed by atoms with Crippen LogP contribution in [0.2, 0.25) is 14.5 Å². The first-order valence-corrected chi connectivity index (χ1v) is 10.5. The van der Waals surface area contributed by atoms with Gasteiger partial charge in [0.25, 0.3) is 5.88 Å². The lowest BCUT2D eigenvalue weighted by Gasteiger charge is -2.14. The van der Waals surface area contributed by atoms with Crippen LogP contribution in [0.4, 0.5) is 5.95 Å². The predicted molar refractivity (Wildman–Crippen MR) is 112 cm³/mol. The van der Waals surface area contributed by atoms with Gasteiger partial charge in [0.2, 0.25) is 0 Å². The molecule has 0 radical (unpaired) electrons. The first-order chi connectivity index (χ1) is 13.3. The highest BCUT2D eigenvalue weighted by Crippen LogP contribution is 2.36. The molecule has 4 rings (SSSR count). The van der Waals surface area contributed by atoms with Crippen LogP contribution in [-0.4, -0.2) is 28.3 Å². The van der Waals surface area contributed by atoms with Crippen LogP contribution in [0.1, 0.15) is 17.8 Å². The van der Waals surface area contributed by atoms with Crippen LogP contribution >= 0.6 is 46.1 Å². The third kappa shape index (κ3) is 3.06. The summed E-state index contributed by atoms with van der Waals surface area (Å²) in [6.45, 7) is 2.95. The molecule has 2 aromatic heterocycles. The molecule has 0 amide bonds. The minimum absolute atomic E-state index is 0.119. The van der Waals surface area contributed by atoms with Crippen LogP contribution in [0.25, 0.3) is 11.1 Å². The Morgan fingerprint density at radius 3 is 2.54 bits per heavy atom. The first-order valence-electron chi connectivity index (χ1n) is 8.52. The number of fused-ring (bicyclic) bond motifs is 1. The van der Waals surface area contributed by atoms with Crippen molar-refractivity contribution in [3.8, 4) is 17.0 Å². The molecule has 146 valence electrons. The third-order valence-electron chi connectivity index (χ3n) is 4.76. The summed E-state index contributed by atoms with van der Waals surface area (Å²) in [5, 5.41) is 11.7. The fourth-order valence-electron chi connectivity index (χ4n) is 3.64. The van der Waals surface area contributed by atoms with E-state index < -0.39 is 0 Å². The normalized spacial score (nSPS) is 15.9. The van der Waals surface area contributed by atoms with E-state index in [4.69, 9.17) is 34.8 Å². The predicted octanol–water partition coefficient (Wildman–Crippen LogP) is 3.98. The number of rotatable bonds is 3. The van der Waals surface area contributed by atoms with Crippen molar-refractivity contribution in [3.05, 3.63) is 54.1 Å². The molecule has 0 saturated carbocycles. The second-order valence-corrected chi connectivity index (χ2v) is 9.01. The van der Waals surface area contributed by atoms with Gasteiger partial charge in [-0.2, -0.15) is 4.57 Å². The van der Waals surface area contributed by atoms with Gasteiger partial charge in [-0.05, 0) is 30.7 Å². The number of nitrogens with zero attached hydrogens (tertiary/aromatic N) is 4. The molecule has 1 N–H and O–H groups in total. The highest BCUT2D eigenvalue weighted by molar-refractivity contribution is 7.15. The molecule has 1 unspecified atom stereocenters. The van der Waals surface area contributed by atoms with E-state index in [0.717, 1.165) is 4.88 Å². The molecular formula is C18H16Cl3N4O2S+. The average molecular weight is 459 g/mol. The number of anilines is 1. The Morgan fingerprint density at radius 2 is 1.96 bits per heavy atom. The molecule has 3 heterocycles. The number of hydrogen-bond donors (Lipinski definition) is 1. The van der Waals surface area contributed by atoms with E-state index in [1.165, 1.54) is 11.3 Å². The number of hydrogen-bond acceptors (Lipinski definition) is 5. The Kier molecular flexibility index (Phi) is 5.03. The Morgan fingerprint density at radius 1 is 1.29 bits per heavy atom. The van der Waals surface area contributed by atoms with Crippen molar-refractivity contribution in [3.63, 3.8) is 0 Å². The van der Waals surface area contributed by atoms with Gasteiger partial charge in [0.05, 0.1) is 18.5 Å². The quantitative estimate of drug-likeness (QED) is 0.603. The zero-order valence-corrected chi connectivity index (χ0v) is 18.1. The van der Waals surface area contributed by atoms with Gasteiger partial charge < -0.3 is 5.11 Å². The number of likely N-dealkylation sites (N-methyl/N-ethyl adjacent to an activating group) is 1. The monoisotopic (exact) mass is 457 g/mol. The lowest BCUT2D eigenvalue weighted by Crippen LogP contribution is -2.44. The minimum atomic E-state index is -0.325. The molecule has 0 bridgehead atoms. The summed E-state index contributed by atoms with van der Waals surface area (Å²) in [5.74, 6) is 0.503. The van der Waals surface area contributed by atoms with E-state index in [-0.39, 0.29) is 23.0 Å². The largest absolute Gasteiger partial charge is 0.483 e. The van der Waals surface area contributed by atoms with Crippen LogP contribution in [-0.2, 0) is 6.54 Å². The molecule has 10 heteroatoms. The van der Waals surface area contributed by atoms with Crippen molar-refractivity contribution in [2.45, 2.75) is 19.5 Å². The molecule has 6 nitrogen and oxygen atoms in total. The van der Waals surface area contributed by atoms with Crippen molar-refractivity contribution >= 4 is 52.1 Å². The Labute approximate surface area is 180 Å². The van der Waals surface area contributed by atoms with Crippen LogP contribution in [0, 0.1) is 0 Å². The lowest BCUT2D eigenvalue weighted by atomic mass is 10.1. The zero-order chi connectivity index (χ0) is 20.2. The highest BCUT2D eigenvalue weighted by Gasteiger charge is 2.42. The van der Waals surface area contributed by atoms with Crippen LogP contribution in [0.3, 0.4) is 0 Å². The molecule has 28 heavy (non-hydrogen) atoms. The van der Waals surface area contributed by atoms with Crippen molar-refractivity contribution < 1.29 is 9.67 Å². The van der Waals surface area contributed by atoms with E-state index >= 15 is 0 Å². The second-order valence-electron chi connectivity index (χ2n) is 6.49. The molecule has 3 aromatic rings. The molecular weight excluding hydrogens is 443 g/mol. The number of halogens is 3. The summed E-state index contributed by atoms with van der Waals surface area (Å²) in [6, 6.07) is 4.56. The molecule has 1 aliphatic heterocycles. The van der Waals surface area contributed by atoms with Gasteiger partial charge in [-0.3, -0.25) is 4.90 Å². The van der Waals surface area contributed by atoms with E-state index in [1.54, 1.807) is 33.5 Å². The molecule has 0 saturated heterocycles. The summed E-state index contributed by atoms with van der Waals surface area (Å²) < 4.78 is 3.80. The van der Waals surface area contributed by atoms with E-state index in [2.05, 4.69) is 4.98 Å². The molecule has 1 aromatic carbocycles. The van der Waals surface area contributed by atoms with Crippen LogP contribution in [0.15, 0.2) is 29.2 Å². The minimum Gasteiger partial charge on any atom is -0.483 e. The van der Waals surface area contributed by atoms with Gasteiger partial charge in [0.15, 0.2) is 10.5 Å².